The minimum Gasteiger partial charge on any atom is -0.388 e. The average molecular weight is 430 g/mol. The largest absolute Gasteiger partial charge is 0.388 e. The summed E-state index contributed by atoms with van der Waals surface area (Å²) < 4.78 is 41.9. The molecule has 0 spiro atoms. The van der Waals surface area contributed by atoms with Gasteiger partial charge in [0.05, 0.1) is 23.4 Å². The van der Waals surface area contributed by atoms with Crippen LogP contribution >= 0.6 is 0 Å². The highest BCUT2D eigenvalue weighted by Gasteiger charge is 2.43. The monoisotopic (exact) mass is 430 g/mol. The van der Waals surface area contributed by atoms with E-state index in [9.17, 15) is 28.2 Å². The fourth-order valence-electron chi connectivity index (χ4n) is 4.77. The second kappa shape index (κ2) is 7.39. The van der Waals surface area contributed by atoms with Crippen LogP contribution in [-0.2, 0) is 4.79 Å². The third-order valence-electron chi connectivity index (χ3n) is 6.46. The summed E-state index contributed by atoms with van der Waals surface area (Å²) in [6.45, 7) is 0.205. The van der Waals surface area contributed by atoms with Crippen molar-refractivity contribution in [1.82, 2.24) is 9.88 Å². The smallest absolute Gasteiger partial charge is 0.225 e. The van der Waals surface area contributed by atoms with Gasteiger partial charge in [0.1, 0.15) is 17.5 Å². The number of carbonyl (C=O) groups excluding carboxylic acids is 1. The van der Waals surface area contributed by atoms with E-state index < -0.39 is 29.7 Å². The van der Waals surface area contributed by atoms with E-state index >= 15 is 0 Å². The Bertz CT molecular complexity index is 1150. The minimum absolute atomic E-state index is 0.103. The highest BCUT2D eigenvalue weighted by Crippen LogP contribution is 2.49. The lowest BCUT2D eigenvalue weighted by atomic mass is 9.69. The summed E-state index contributed by atoms with van der Waals surface area (Å²) in [6.07, 6.45) is -0.907. The molecular formula is C23H21F3N2O3. The fourth-order valence-corrected chi connectivity index (χ4v) is 4.77. The van der Waals surface area contributed by atoms with E-state index in [0.29, 0.717) is 35.0 Å². The van der Waals surface area contributed by atoms with Crippen molar-refractivity contribution in [3.8, 4) is 11.3 Å². The van der Waals surface area contributed by atoms with Crippen LogP contribution in [0.5, 0.6) is 0 Å². The summed E-state index contributed by atoms with van der Waals surface area (Å²) in [4.78, 5) is 17.2. The van der Waals surface area contributed by atoms with Gasteiger partial charge in [0.25, 0.3) is 0 Å². The number of aliphatic hydroxyl groups excluding tert-OH is 2. The lowest BCUT2D eigenvalue weighted by Gasteiger charge is -2.37. The minimum atomic E-state index is -0.940. The van der Waals surface area contributed by atoms with Crippen molar-refractivity contribution in [2.24, 2.45) is 5.92 Å². The number of benzene rings is 2. The number of hydrogen-bond acceptors (Lipinski definition) is 3. The van der Waals surface area contributed by atoms with Crippen molar-refractivity contribution >= 4 is 16.8 Å². The number of nitrogens with zero attached hydrogens (tertiary/aromatic N) is 1. The molecule has 2 aromatic carbocycles. The van der Waals surface area contributed by atoms with Crippen LogP contribution in [0.4, 0.5) is 13.2 Å². The number of fused-ring (bicyclic) bond motifs is 1. The Kier molecular flexibility index (Phi) is 4.79. The lowest BCUT2D eigenvalue weighted by molar-refractivity contribution is -0.138. The molecule has 1 saturated carbocycles. The first kappa shape index (κ1) is 20.1. The van der Waals surface area contributed by atoms with Gasteiger partial charge in [-0.3, -0.25) is 4.79 Å². The Labute approximate surface area is 176 Å². The molecule has 0 bridgehead atoms. The Morgan fingerprint density at radius 2 is 1.61 bits per heavy atom. The van der Waals surface area contributed by atoms with E-state index in [2.05, 4.69) is 4.98 Å². The molecule has 31 heavy (non-hydrogen) atoms. The van der Waals surface area contributed by atoms with Crippen molar-refractivity contribution < 1.29 is 28.2 Å². The van der Waals surface area contributed by atoms with Gasteiger partial charge in [0.15, 0.2) is 0 Å². The summed E-state index contributed by atoms with van der Waals surface area (Å²) in [6, 6.07) is 7.85. The number of carbonyl (C=O) groups is 1. The summed E-state index contributed by atoms with van der Waals surface area (Å²) in [5.74, 6) is -2.33. The van der Waals surface area contributed by atoms with Gasteiger partial charge in [-0.2, -0.15) is 0 Å². The normalized spacial score (nSPS) is 25.8. The van der Waals surface area contributed by atoms with Crippen molar-refractivity contribution in [3.05, 3.63) is 59.4 Å². The van der Waals surface area contributed by atoms with Crippen molar-refractivity contribution in [2.75, 3.05) is 13.1 Å². The molecule has 1 aromatic heterocycles. The van der Waals surface area contributed by atoms with Crippen molar-refractivity contribution in [1.29, 1.82) is 0 Å². The number of H-pyrrole nitrogens is 1. The molecule has 1 aliphatic heterocycles. The number of amides is 1. The lowest BCUT2D eigenvalue weighted by Crippen LogP contribution is -2.40. The third-order valence-corrected chi connectivity index (χ3v) is 6.46. The quantitative estimate of drug-likeness (QED) is 0.597. The van der Waals surface area contributed by atoms with Crippen LogP contribution in [0, 0.1) is 23.4 Å². The number of hydrogen-bond donors (Lipinski definition) is 3. The fraction of sp³-hybridized carbons (Fsp3) is 0.348. The average Bonchev–Trinajstić information content (AvgIpc) is 3.22. The first-order valence-electron chi connectivity index (χ1n) is 10.2. The SMILES string of the molecule is O=C([C@H]1C[C@H](c2c(-c3ccc(F)cc3)[nH]c3c(F)cc(F)cc32)C1)N1C[C@@H](O)[C@H](O)C1. The third kappa shape index (κ3) is 3.40. The van der Waals surface area contributed by atoms with E-state index in [1.807, 2.05) is 0 Å². The summed E-state index contributed by atoms with van der Waals surface area (Å²) >= 11 is 0. The van der Waals surface area contributed by atoms with Crippen LogP contribution in [0.15, 0.2) is 36.4 Å². The molecule has 1 aliphatic carbocycles. The van der Waals surface area contributed by atoms with E-state index in [1.165, 1.54) is 23.1 Å². The number of aromatic amines is 1. The summed E-state index contributed by atoms with van der Waals surface area (Å²) in [7, 11) is 0. The van der Waals surface area contributed by atoms with Gasteiger partial charge in [0, 0.05) is 30.5 Å². The van der Waals surface area contributed by atoms with E-state index in [-0.39, 0.29) is 36.3 Å². The molecule has 0 radical (unpaired) electrons. The molecule has 3 N–H and O–H groups in total. The molecule has 5 rings (SSSR count). The van der Waals surface area contributed by atoms with Crippen LogP contribution in [-0.4, -0.2) is 51.3 Å². The second-order valence-electron chi connectivity index (χ2n) is 8.47. The van der Waals surface area contributed by atoms with Gasteiger partial charge in [-0.15, -0.1) is 0 Å². The molecule has 0 unspecified atom stereocenters. The maximum atomic E-state index is 14.4. The number of aromatic nitrogens is 1. The highest BCUT2D eigenvalue weighted by molar-refractivity contribution is 5.92. The molecule has 1 saturated heterocycles. The molecule has 3 aromatic rings. The van der Waals surface area contributed by atoms with Crippen LogP contribution < -0.4 is 0 Å². The van der Waals surface area contributed by atoms with Crippen LogP contribution in [0.25, 0.3) is 22.2 Å². The Morgan fingerprint density at radius 1 is 0.968 bits per heavy atom. The van der Waals surface area contributed by atoms with E-state index in [4.69, 9.17) is 0 Å². The molecule has 5 nitrogen and oxygen atoms in total. The number of aliphatic hydroxyl groups is 2. The zero-order valence-corrected chi connectivity index (χ0v) is 16.5. The number of rotatable bonds is 3. The number of nitrogens with one attached hydrogen (secondary N) is 1. The second-order valence-corrected chi connectivity index (χ2v) is 8.47. The first-order valence-corrected chi connectivity index (χ1v) is 10.2. The molecule has 1 amide bonds. The van der Waals surface area contributed by atoms with Gasteiger partial charge >= 0.3 is 0 Å². The molecule has 2 atom stereocenters. The van der Waals surface area contributed by atoms with Crippen LogP contribution in [0.3, 0.4) is 0 Å². The summed E-state index contributed by atoms with van der Waals surface area (Å²) in [5.41, 5.74) is 2.12. The first-order chi connectivity index (χ1) is 14.8. The molecule has 162 valence electrons. The zero-order valence-electron chi connectivity index (χ0n) is 16.5. The molecular weight excluding hydrogens is 409 g/mol. The molecule has 2 heterocycles. The number of β-amino-alcohol motifs (C(OH)–C–C–N with tert-alkyl or cyclic N) is 2. The summed E-state index contributed by atoms with van der Waals surface area (Å²) in [5, 5.41) is 19.8. The van der Waals surface area contributed by atoms with Gasteiger partial charge in [-0.1, -0.05) is 0 Å². The van der Waals surface area contributed by atoms with E-state index in [0.717, 1.165) is 6.07 Å². The topological polar surface area (TPSA) is 76.6 Å². The number of halogens is 3. The standard InChI is InChI=1S/C23H21F3N2O3/c24-14-3-1-11(2-4-14)21-20(16-7-15(25)8-17(26)22(16)27-21)12-5-13(6-12)23(31)28-9-18(29)19(30)10-28/h1-4,7-8,12-13,18-19,27,29-30H,5-6,9-10H2/t12-,13-,18-,19-/m1/s1. The zero-order chi connectivity index (χ0) is 21.9. The van der Waals surface area contributed by atoms with Crippen LogP contribution in [0.1, 0.15) is 24.3 Å². The molecule has 2 aliphatic rings. The molecule has 2 fully saturated rings. The predicted molar refractivity (Wildman–Crippen MR) is 108 cm³/mol. The predicted octanol–water partition coefficient (Wildman–Crippen LogP) is 3.31. The highest BCUT2D eigenvalue weighted by atomic mass is 19.1. The van der Waals surface area contributed by atoms with Crippen molar-refractivity contribution in [3.63, 3.8) is 0 Å². The molecule has 8 heteroatoms. The van der Waals surface area contributed by atoms with Gasteiger partial charge in [-0.25, -0.2) is 13.2 Å². The maximum absolute atomic E-state index is 14.4. The van der Waals surface area contributed by atoms with Gasteiger partial charge in [0.2, 0.25) is 5.91 Å². The Hall–Kier alpha value is -2.84. The van der Waals surface area contributed by atoms with Crippen LogP contribution in [0.2, 0.25) is 0 Å². The van der Waals surface area contributed by atoms with Crippen molar-refractivity contribution in [2.45, 2.75) is 31.0 Å². The van der Waals surface area contributed by atoms with Gasteiger partial charge < -0.3 is 20.1 Å². The van der Waals surface area contributed by atoms with Gasteiger partial charge in [-0.05, 0) is 60.2 Å². The van der Waals surface area contributed by atoms with E-state index in [1.54, 1.807) is 12.1 Å². The Morgan fingerprint density at radius 3 is 2.26 bits per heavy atom. The number of likely N-dealkylation sites (tertiary alicyclic amines) is 1. The Balaban J connectivity index is 1.47. The maximum Gasteiger partial charge on any atom is 0.225 e.